The summed E-state index contributed by atoms with van der Waals surface area (Å²) in [7, 11) is -0.445. The van der Waals surface area contributed by atoms with E-state index in [9.17, 15) is 4.79 Å². The topological polar surface area (TPSA) is 51.2 Å². The molecule has 174 valence electrons. The van der Waals surface area contributed by atoms with Crippen LogP contribution in [0.5, 0.6) is 0 Å². The van der Waals surface area contributed by atoms with Gasteiger partial charge in [0.2, 0.25) is 0 Å². The summed E-state index contributed by atoms with van der Waals surface area (Å²) < 4.78 is 18.2. The summed E-state index contributed by atoms with van der Waals surface area (Å²) in [6, 6.07) is 4.27. The van der Waals surface area contributed by atoms with Crippen LogP contribution in [0.15, 0.2) is 12.1 Å². The molecule has 0 spiro atoms. The minimum Gasteiger partial charge on any atom is -0.444 e. The van der Waals surface area contributed by atoms with Gasteiger partial charge in [0.25, 0.3) is 0 Å². The number of terminal acetylenes is 1. The Kier molecular flexibility index (Phi) is 6.61. The van der Waals surface area contributed by atoms with Gasteiger partial charge in [-0.05, 0) is 78.0 Å². The lowest BCUT2D eigenvalue weighted by Crippen LogP contribution is -2.50. The van der Waals surface area contributed by atoms with Gasteiger partial charge in [-0.15, -0.1) is 12.3 Å². The van der Waals surface area contributed by atoms with Gasteiger partial charge in [0, 0.05) is 38.3 Å². The van der Waals surface area contributed by atoms with Crippen LogP contribution in [0.1, 0.15) is 59.6 Å². The Balaban J connectivity index is 1.84. The molecule has 0 bridgehead atoms. The van der Waals surface area contributed by atoms with Crippen LogP contribution in [-0.2, 0) is 20.5 Å². The molecule has 6 nitrogen and oxygen atoms in total. The van der Waals surface area contributed by atoms with E-state index in [1.54, 1.807) is 4.90 Å². The van der Waals surface area contributed by atoms with Gasteiger partial charge >= 0.3 is 13.2 Å². The lowest BCUT2D eigenvalue weighted by atomic mass is 9.74. The molecule has 0 radical (unpaired) electrons. The number of nitrogens with zero attached hydrogens (tertiary/aromatic N) is 2. The summed E-state index contributed by atoms with van der Waals surface area (Å²) in [6.45, 7) is 18.7. The smallest absolute Gasteiger partial charge is 0.444 e. The van der Waals surface area contributed by atoms with Crippen molar-refractivity contribution in [3.8, 4) is 12.3 Å². The minimum atomic E-state index is -0.494. The van der Waals surface area contributed by atoms with Gasteiger partial charge in [0.05, 0.1) is 11.2 Å². The van der Waals surface area contributed by atoms with Gasteiger partial charge < -0.3 is 23.8 Å². The van der Waals surface area contributed by atoms with E-state index in [2.05, 4.69) is 57.6 Å². The number of carbonyl (C=O) groups excluding carboxylic acids is 1. The lowest BCUT2D eigenvalue weighted by Gasteiger charge is -2.38. The van der Waals surface area contributed by atoms with E-state index in [0.717, 1.165) is 35.4 Å². The Morgan fingerprint density at radius 2 is 1.69 bits per heavy atom. The molecular weight excluding hydrogens is 403 g/mol. The number of amides is 1. The Labute approximate surface area is 193 Å². The van der Waals surface area contributed by atoms with Crippen molar-refractivity contribution in [2.24, 2.45) is 0 Å². The zero-order chi connectivity index (χ0) is 23.9. The number of benzene rings is 1. The third-order valence-electron chi connectivity index (χ3n) is 6.57. The maximum absolute atomic E-state index is 12.4. The molecule has 7 heteroatoms. The summed E-state index contributed by atoms with van der Waals surface area (Å²) in [4.78, 5) is 16.5. The highest BCUT2D eigenvalue weighted by Gasteiger charge is 2.52. The number of hydrogen-bond donors (Lipinski definition) is 0. The van der Waals surface area contributed by atoms with Gasteiger partial charge in [-0.1, -0.05) is 6.07 Å². The molecular formula is C25H37BN2O4. The largest absolute Gasteiger partial charge is 0.495 e. The van der Waals surface area contributed by atoms with E-state index in [4.69, 9.17) is 20.5 Å². The molecule has 1 aromatic carbocycles. The van der Waals surface area contributed by atoms with E-state index in [-0.39, 0.29) is 6.09 Å². The molecule has 0 N–H and O–H groups in total. The summed E-state index contributed by atoms with van der Waals surface area (Å²) >= 11 is 0. The van der Waals surface area contributed by atoms with Crippen molar-refractivity contribution >= 4 is 24.4 Å². The number of hydrogen-bond acceptors (Lipinski definition) is 5. The number of ether oxygens (including phenoxy) is 1. The van der Waals surface area contributed by atoms with Crippen LogP contribution in [-0.4, -0.2) is 61.1 Å². The van der Waals surface area contributed by atoms with Crippen molar-refractivity contribution in [2.75, 3.05) is 31.1 Å². The maximum atomic E-state index is 12.4. The van der Waals surface area contributed by atoms with E-state index >= 15 is 0 Å². The van der Waals surface area contributed by atoms with Gasteiger partial charge in [-0.3, -0.25) is 0 Å². The number of anilines is 1. The highest BCUT2D eigenvalue weighted by Crippen LogP contribution is 2.37. The highest BCUT2D eigenvalue weighted by atomic mass is 16.7. The average Bonchev–Trinajstić information content (AvgIpc) is 2.89. The second-order valence-corrected chi connectivity index (χ2v) is 10.8. The molecule has 2 saturated heterocycles. The zero-order valence-electron chi connectivity index (χ0n) is 20.9. The van der Waals surface area contributed by atoms with E-state index in [1.807, 2.05) is 20.8 Å². The number of piperazine rings is 1. The third kappa shape index (κ3) is 5.08. The van der Waals surface area contributed by atoms with Crippen LogP contribution in [0.4, 0.5) is 10.5 Å². The molecule has 2 aliphatic rings. The highest BCUT2D eigenvalue weighted by molar-refractivity contribution is 6.62. The summed E-state index contributed by atoms with van der Waals surface area (Å²) in [5.41, 5.74) is 3.00. The molecule has 3 rings (SSSR count). The predicted molar refractivity (Wildman–Crippen MR) is 129 cm³/mol. The number of rotatable bonds is 3. The first-order valence-corrected chi connectivity index (χ1v) is 11.4. The van der Waals surface area contributed by atoms with Crippen molar-refractivity contribution in [3.63, 3.8) is 0 Å². The van der Waals surface area contributed by atoms with Crippen LogP contribution in [0, 0.1) is 19.3 Å². The first-order valence-electron chi connectivity index (χ1n) is 11.4. The molecule has 1 aromatic rings. The van der Waals surface area contributed by atoms with Gasteiger partial charge in [-0.25, -0.2) is 4.79 Å². The Bertz CT molecular complexity index is 890. The second-order valence-electron chi connectivity index (χ2n) is 10.8. The van der Waals surface area contributed by atoms with Crippen molar-refractivity contribution < 1.29 is 18.8 Å². The fraction of sp³-hybridized carbons (Fsp3) is 0.640. The molecule has 0 unspecified atom stereocenters. The summed E-state index contributed by atoms with van der Waals surface area (Å²) in [5.74, 6) is 2.76. The summed E-state index contributed by atoms with van der Waals surface area (Å²) in [6.07, 6.45) is 5.92. The average molecular weight is 440 g/mol. The second kappa shape index (κ2) is 8.65. The van der Waals surface area contributed by atoms with Crippen LogP contribution in [0.25, 0.3) is 0 Å². The molecule has 1 amide bonds. The maximum Gasteiger partial charge on any atom is 0.495 e. The molecule has 0 aromatic heterocycles. The SMILES string of the molecule is C#CCc1cc(B2OC(C)(C)C(C)(C)O2)c(C)c(N2CCN(C(=O)OC(C)(C)C)CC2)c1. The molecule has 32 heavy (non-hydrogen) atoms. The van der Waals surface area contributed by atoms with Crippen LogP contribution < -0.4 is 10.4 Å². The first kappa shape index (κ1) is 24.5. The number of carbonyl (C=O) groups is 1. The van der Waals surface area contributed by atoms with Crippen LogP contribution in [0.3, 0.4) is 0 Å². The molecule has 2 heterocycles. The molecule has 0 atom stereocenters. The summed E-state index contributed by atoms with van der Waals surface area (Å²) in [5, 5.41) is 0. The van der Waals surface area contributed by atoms with Crippen LogP contribution in [0.2, 0.25) is 0 Å². The molecule has 2 aliphatic heterocycles. The van der Waals surface area contributed by atoms with Gasteiger partial charge in [0.1, 0.15) is 5.60 Å². The fourth-order valence-corrected chi connectivity index (χ4v) is 4.00. The minimum absolute atomic E-state index is 0.257. The van der Waals surface area contributed by atoms with E-state index in [0.29, 0.717) is 19.5 Å². The molecule has 2 fully saturated rings. The van der Waals surface area contributed by atoms with Crippen molar-refractivity contribution in [1.82, 2.24) is 4.90 Å². The Hall–Kier alpha value is -2.17. The lowest BCUT2D eigenvalue weighted by molar-refractivity contribution is 0.00578. The van der Waals surface area contributed by atoms with Gasteiger partial charge in [0.15, 0.2) is 0 Å². The van der Waals surface area contributed by atoms with E-state index in [1.165, 1.54) is 0 Å². The van der Waals surface area contributed by atoms with Crippen molar-refractivity contribution in [1.29, 1.82) is 0 Å². The van der Waals surface area contributed by atoms with Crippen molar-refractivity contribution in [2.45, 2.75) is 78.6 Å². The first-order chi connectivity index (χ1) is 14.7. The zero-order valence-corrected chi connectivity index (χ0v) is 20.9. The Morgan fingerprint density at radius 1 is 1.12 bits per heavy atom. The predicted octanol–water partition coefficient (Wildman–Crippen LogP) is 3.53. The Morgan fingerprint density at radius 3 is 2.19 bits per heavy atom. The molecule has 0 saturated carbocycles. The standard InChI is InChI=1S/C25H37BN2O4/c1-10-11-19-16-20(26-31-24(6,7)25(8,9)32-26)18(2)21(17-19)27-12-14-28(15-13-27)22(29)30-23(3,4)5/h1,16-17H,11-15H2,2-9H3. The van der Waals surface area contributed by atoms with Gasteiger partial charge in [-0.2, -0.15) is 0 Å². The third-order valence-corrected chi connectivity index (χ3v) is 6.57. The normalized spacial score (nSPS) is 20.3. The monoisotopic (exact) mass is 440 g/mol. The fourth-order valence-electron chi connectivity index (χ4n) is 4.00. The molecule has 0 aliphatic carbocycles. The van der Waals surface area contributed by atoms with Crippen molar-refractivity contribution in [3.05, 3.63) is 23.3 Å². The van der Waals surface area contributed by atoms with E-state index < -0.39 is 23.9 Å². The van der Waals surface area contributed by atoms with Crippen LogP contribution >= 0.6 is 0 Å². The quantitative estimate of drug-likeness (QED) is 0.532.